The first-order chi connectivity index (χ1) is 11.8. The van der Waals surface area contributed by atoms with Crippen molar-refractivity contribution >= 4 is 21.6 Å². The largest absolute Gasteiger partial charge is 0.495 e. The molecule has 1 aromatic rings. The van der Waals surface area contributed by atoms with Gasteiger partial charge in [-0.15, -0.1) is 0 Å². The van der Waals surface area contributed by atoms with Gasteiger partial charge in [-0.05, 0) is 44.5 Å². The molecule has 0 aromatic heterocycles. The number of carbonyl (C=O) groups is 1. The lowest BCUT2D eigenvalue weighted by Crippen LogP contribution is -2.42. The third-order valence-corrected chi connectivity index (χ3v) is 6.33. The predicted molar refractivity (Wildman–Crippen MR) is 97.4 cm³/mol. The minimum atomic E-state index is -3.67. The number of rotatable bonds is 6. The number of benzene rings is 1. The molecule has 8 heteroatoms. The Balaban J connectivity index is 2.16. The third-order valence-electron chi connectivity index (χ3n) is 4.49. The van der Waals surface area contributed by atoms with Gasteiger partial charge in [0.15, 0.2) is 0 Å². The van der Waals surface area contributed by atoms with Crippen LogP contribution in [0.1, 0.15) is 26.2 Å². The summed E-state index contributed by atoms with van der Waals surface area (Å²) in [6.07, 6.45) is 3.40. The lowest BCUT2D eigenvalue weighted by Gasteiger charge is -2.32. The van der Waals surface area contributed by atoms with Crippen LogP contribution in [0.5, 0.6) is 5.75 Å². The molecule has 140 valence electrons. The van der Waals surface area contributed by atoms with E-state index in [1.807, 2.05) is 0 Å². The minimum absolute atomic E-state index is 0.0316. The van der Waals surface area contributed by atoms with Crippen LogP contribution in [-0.4, -0.2) is 63.9 Å². The molecular weight excluding hydrogens is 342 g/mol. The number of amides is 1. The summed E-state index contributed by atoms with van der Waals surface area (Å²) >= 11 is 0. The number of methoxy groups -OCH3 is 1. The fourth-order valence-corrected chi connectivity index (χ4v) is 4.01. The zero-order valence-corrected chi connectivity index (χ0v) is 16.1. The van der Waals surface area contributed by atoms with E-state index in [-0.39, 0.29) is 16.6 Å². The van der Waals surface area contributed by atoms with Crippen LogP contribution >= 0.6 is 0 Å². The van der Waals surface area contributed by atoms with E-state index < -0.39 is 10.0 Å². The number of nitrogens with zero attached hydrogens (tertiary/aromatic N) is 2. The van der Waals surface area contributed by atoms with E-state index in [0.29, 0.717) is 18.3 Å². The van der Waals surface area contributed by atoms with Crippen LogP contribution in [-0.2, 0) is 14.8 Å². The van der Waals surface area contributed by atoms with Crippen molar-refractivity contribution in [2.24, 2.45) is 0 Å². The summed E-state index contributed by atoms with van der Waals surface area (Å²) in [6, 6.07) is 5.02. The van der Waals surface area contributed by atoms with Gasteiger partial charge in [-0.25, -0.2) is 12.7 Å². The Labute approximate surface area is 150 Å². The van der Waals surface area contributed by atoms with Crippen LogP contribution in [0.4, 0.5) is 5.69 Å². The average Bonchev–Trinajstić information content (AvgIpc) is 2.56. The first-order valence-electron chi connectivity index (χ1n) is 8.40. The standard InChI is InChI=1S/C17H27N3O4S/c1-13-7-5-6-10-20(13)12-17(21)18-14-8-9-15(24-4)16(11-14)25(22,23)19(2)3/h8-9,11,13H,5-7,10,12H2,1-4H3,(H,18,21)/t13-/m0/s1. The lowest BCUT2D eigenvalue weighted by atomic mass is 10.0. The fourth-order valence-electron chi connectivity index (χ4n) is 2.93. The molecule has 1 aliphatic heterocycles. The summed E-state index contributed by atoms with van der Waals surface area (Å²) < 4.78 is 31.1. The molecule has 1 heterocycles. The van der Waals surface area contributed by atoms with Gasteiger partial charge in [0.2, 0.25) is 15.9 Å². The van der Waals surface area contributed by atoms with Gasteiger partial charge in [0, 0.05) is 25.8 Å². The highest BCUT2D eigenvalue weighted by molar-refractivity contribution is 7.89. The van der Waals surface area contributed by atoms with Crippen LogP contribution in [0, 0.1) is 0 Å². The second-order valence-corrected chi connectivity index (χ2v) is 8.64. The first-order valence-corrected chi connectivity index (χ1v) is 9.84. The molecule has 1 atom stereocenters. The smallest absolute Gasteiger partial charge is 0.246 e. The normalized spacial score (nSPS) is 19.0. The number of hydrogen-bond acceptors (Lipinski definition) is 5. The van der Waals surface area contributed by atoms with Crippen molar-refractivity contribution in [2.45, 2.75) is 37.1 Å². The maximum absolute atomic E-state index is 12.4. The van der Waals surface area contributed by atoms with Gasteiger partial charge < -0.3 is 10.1 Å². The molecule has 1 aliphatic rings. The Morgan fingerprint density at radius 1 is 1.36 bits per heavy atom. The maximum atomic E-state index is 12.4. The van der Waals surface area contributed by atoms with Gasteiger partial charge in [0.05, 0.1) is 13.7 Å². The topological polar surface area (TPSA) is 79.0 Å². The average molecular weight is 369 g/mol. The Morgan fingerprint density at radius 3 is 2.68 bits per heavy atom. The molecule has 1 fully saturated rings. The van der Waals surface area contributed by atoms with Crippen molar-refractivity contribution in [3.63, 3.8) is 0 Å². The second-order valence-electron chi connectivity index (χ2n) is 6.52. The van der Waals surface area contributed by atoms with Gasteiger partial charge in [0.25, 0.3) is 0 Å². The van der Waals surface area contributed by atoms with Gasteiger partial charge in [-0.3, -0.25) is 9.69 Å². The van der Waals surface area contributed by atoms with E-state index in [2.05, 4.69) is 17.1 Å². The Hall–Kier alpha value is -1.64. The molecule has 25 heavy (non-hydrogen) atoms. The van der Waals surface area contributed by atoms with Crippen molar-refractivity contribution in [3.8, 4) is 5.75 Å². The molecule has 1 saturated heterocycles. The van der Waals surface area contributed by atoms with E-state index in [1.165, 1.54) is 33.7 Å². The van der Waals surface area contributed by atoms with Crippen LogP contribution in [0.2, 0.25) is 0 Å². The highest BCUT2D eigenvalue weighted by Gasteiger charge is 2.24. The Bertz CT molecular complexity index is 719. The van der Waals surface area contributed by atoms with Gasteiger partial charge in [-0.2, -0.15) is 0 Å². The number of hydrogen-bond donors (Lipinski definition) is 1. The number of carbonyl (C=O) groups excluding carboxylic acids is 1. The van der Waals surface area contributed by atoms with E-state index in [9.17, 15) is 13.2 Å². The zero-order chi connectivity index (χ0) is 18.6. The molecule has 0 unspecified atom stereocenters. The van der Waals surface area contributed by atoms with Crippen LogP contribution in [0.3, 0.4) is 0 Å². The van der Waals surface area contributed by atoms with E-state index in [4.69, 9.17) is 4.74 Å². The summed E-state index contributed by atoms with van der Waals surface area (Å²) in [4.78, 5) is 14.5. The number of nitrogens with one attached hydrogen (secondary N) is 1. The molecule has 0 aliphatic carbocycles. The number of sulfonamides is 1. The van der Waals surface area contributed by atoms with Crippen molar-refractivity contribution in [3.05, 3.63) is 18.2 Å². The van der Waals surface area contributed by atoms with Crippen molar-refractivity contribution < 1.29 is 17.9 Å². The molecule has 1 aromatic carbocycles. The fraction of sp³-hybridized carbons (Fsp3) is 0.588. The summed E-state index contributed by atoms with van der Waals surface area (Å²) in [5.74, 6) is 0.100. The van der Waals surface area contributed by atoms with E-state index in [1.54, 1.807) is 12.1 Å². The molecule has 1 amide bonds. The van der Waals surface area contributed by atoms with Crippen LogP contribution in [0.25, 0.3) is 0 Å². The number of piperidine rings is 1. The molecule has 1 N–H and O–H groups in total. The quantitative estimate of drug-likeness (QED) is 0.827. The Kier molecular flexibility index (Phi) is 6.42. The predicted octanol–water partition coefficient (Wildman–Crippen LogP) is 1.76. The third kappa shape index (κ3) is 4.71. The number of anilines is 1. The summed E-state index contributed by atoms with van der Waals surface area (Å²) in [6.45, 7) is 3.35. The summed E-state index contributed by atoms with van der Waals surface area (Å²) in [5.41, 5.74) is 0.441. The molecule has 7 nitrogen and oxygen atoms in total. The first kappa shape index (κ1) is 19.7. The molecule has 2 rings (SSSR count). The van der Waals surface area contributed by atoms with Crippen molar-refractivity contribution in [1.29, 1.82) is 0 Å². The highest BCUT2D eigenvalue weighted by atomic mass is 32.2. The molecular formula is C17H27N3O4S. The summed E-state index contributed by atoms with van der Waals surface area (Å²) in [5, 5.41) is 2.79. The van der Waals surface area contributed by atoms with Gasteiger partial charge >= 0.3 is 0 Å². The summed E-state index contributed by atoms with van der Waals surface area (Å²) in [7, 11) is 0.662. The SMILES string of the molecule is COc1ccc(NC(=O)CN2CCCC[C@@H]2C)cc1S(=O)(=O)N(C)C. The van der Waals surface area contributed by atoms with E-state index >= 15 is 0 Å². The monoisotopic (exact) mass is 369 g/mol. The maximum Gasteiger partial charge on any atom is 0.246 e. The lowest BCUT2D eigenvalue weighted by molar-refractivity contribution is -0.118. The molecule has 0 spiro atoms. The van der Waals surface area contributed by atoms with Gasteiger partial charge in [0.1, 0.15) is 10.6 Å². The van der Waals surface area contributed by atoms with Gasteiger partial charge in [-0.1, -0.05) is 6.42 Å². The molecule has 0 saturated carbocycles. The Morgan fingerprint density at radius 2 is 2.08 bits per heavy atom. The zero-order valence-electron chi connectivity index (χ0n) is 15.3. The van der Waals surface area contributed by atoms with Crippen LogP contribution in [0.15, 0.2) is 23.1 Å². The van der Waals surface area contributed by atoms with E-state index in [0.717, 1.165) is 23.7 Å². The minimum Gasteiger partial charge on any atom is -0.495 e. The number of ether oxygens (including phenoxy) is 1. The van der Waals surface area contributed by atoms with Crippen LogP contribution < -0.4 is 10.1 Å². The van der Waals surface area contributed by atoms with Crippen molar-refractivity contribution in [1.82, 2.24) is 9.21 Å². The molecule has 0 bridgehead atoms. The second kappa shape index (κ2) is 8.16. The highest BCUT2D eigenvalue weighted by Crippen LogP contribution is 2.29. The number of likely N-dealkylation sites (tertiary alicyclic amines) is 1. The molecule has 0 radical (unpaired) electrons. The van der Waals surface area contributed by atoms with Crippen molar-refractivity contribution in [2.75, 3.05) is 39.6 Å².